The van der Waals surface area contributed by atoms with E-state index in [0.717, 1.165) is 13.0 Å². The van der Waals surface area contributed by atoms with E-state index < -0.39 is 0 Å². The highest BCUT2D eigenvalue weighted by molar-refractivity contribution is 5.42. The third-order valence-electron chi connectivity index (χ3n) is 4.48. The molecule has 2 heteroatoms. The lowest BCUT2D eigenvalue weighted by molar-refractivity contribution is -0.732. The molecule has 5 rings (SSSR count). The van der Waals surface area contributed by atoms with Crippen molar-refractivity contribution in [3.8, 4) is 0 Å². The van der Waals surface area contributed by atoms with Gasteiger partial charge in [-0.25, -0.2) is 0 Å². The molecule has 3 aliphatic rings. The maximum Gasteiger partial charge on any atom is 0.192 e. The zero-order valence-electron chi connectivity index (χ0n) is 11.1. The number of aromatic nitrogens is 1. The Hall–Kier alpha value is -1.67. The molecule has 0 spiro atoms. The van der Waals surface area contributed by atoms with Gasteiger partial charge in [0.15, 0.2) is 17.9 Å². The number of rotatable bonds is 2. The van der Waals surface area contributed by atoms with Gasteiger partial charge >= 0.3 is 0 Å². The van der Waals surface area contributed by atoms with Crippen molar-refractivity contribution < 1.29 is 9.30 Å². The molecule has 0 N–H and O–H groups in total. The van der Waals surface area contributed by atoms with Crippen LogP contribution < -0.4 is 4.57 Å². The molecule has 96 valence electrons. The van der Waals surface area contributed by atoms with Crippen molar-refractivity contribution in [1.29, 1.82) is 0 Å². The Morgan fingerprint density at radius 3 is 2.74 bits per heavy atom. The summed E-state index contributed by atoms with van der Waals surface area (Å²) in [6.45, 7) is 2.89. The smallest absolute Gasteiger partial charge is 0.192 e. The predicted molar refractivity (Wildman–Crippen MR) is 73.1 cm³/mol. The van der Waals surface area contributed by atoms with Crippen molar-refractivity contribution in [3.63, 3.8) is 0 Å². The molecule has 0 fully saturated rings. The summed E-state index contributed by atoms with van der Waals surface area (Å²) in [6, 6.07) is 15.8. The first-order chi connectivity index (χ1) is 9.40. The molecule has 0 amide bonds. The lowest BCUT2D eigenvalue weighted by atomic mass is 9.72. The number of ether oxygens (including phenoxy) is 1. The van der Waals surface area contributed by atoms with Crippen LogP contribution in [-0.2, 0) is 4.74 Å². The van der Waals surface area contributed by atoms with Crippen LogP contribution in [0.15, 0.2) is 48.7 Å². The average molecular weight is 252 g/mol. The summed E-state index contributed by atoms with van der Waals surface area (Å²) in [7, 11) is 0. The second-order valence-corrected chi connectivity index (χ2v) is 5.38. The number of fused-ring (bicyclic) bond motifs is 1. The number of nitrogens with zero attached hydrogens (tertiary/aromatic N) is 1. The van der Waals surface area contributed by atoms with Crippen LogP contribution in [0.4, 0.5) is 0 Å². The topological polar surface area (TPSA) is 13.1 Å². The fourth-order valence-electron chi connectivity index (χ4n) is 3.79. The minimum absolute atomic E-state index is 0.326. The Morgan fingerprint density at radius 1 is 1.11 bits per heavy atom. The summed E-state index contributed by atoms with van der Waals surface area (Å²) in [5, 5.41) is 0. The van der Waals surface area contributed by atoms with E-state index in [9.17, 15) is 0 Å². The summed E-state index contributed by atoms with van der Waals surface area (Å²) in [5.74, 6) is 0.391. The zero-order chi connectivity index (χ0) is 12.8. The molecule has 2 aromatic rings. The molecule has 1 aromatic carbocycles. The van der Waals surface area contributed by atoms with Gasteiger partial charge in [0.1, 0.15) is 0 Å². The van der Waals surface area contributed by atoms with Crippen molar-refractivity contribution in [2.75, 3.05) is 6.61 Å². The van der Waals surface area contributed by atoms with Crippen molar-refractivity contribution >= 4 is 0 Å². The molecule has 3 atom stereocenters. The molecule has 1 aromatic heterocycles. The van der Waals surface area contributed by atoms with Gasteiger partial charge in [0.05, 0.1) is 12.0 Å². The van der Waals surface area contributed by atoms with Gasteiger partial charge in [-0.1, -0.05) is 30.3 Å². The average Bonchev–Trinajstić information content (AvgIpc) is 2.48. The van der Waals surface area contributed by atoms with Gasteiger partial charge < -0.3 is 4.74 Å². The van der Waals surface area contributed by atoms with Crippen molar-refractivity contribution in [3.05, 3.63) is 65.5 Å². The normalized spacial score (nSPS) is 26.9. The maximum atomic E-state index is 6.02. The van der Waals surface area contributed by atoms with E-state index in [4.69, 9.17) is 4.74 Å². The Labute approximate surface area is 113 Å². The van der Waals surface area contributed by atoms with Gasteiger partial charge in [-0.3, -0.25) is 0 Å². The van der Waals surface area contributed by atoms with Gasteiger partial charge in [0.25, 0.3) is 0 Å². The van der Waals surface area contributed by atoms with Gasteiger partial charge in [-0.2, -0.15) is 4.57 Å². The van der Waals surface area contributed by atoms with Crippen LogP contribution in [-0.4, -0.2) is 12.7 Å². The third kappa shape index (κ3) is 1.50. The van der Waals surface area contributed by atoms with E-state index in [2.05, 4.69) is 60.2 Å². The second-order valence-electron chi connectivity index (χ2n) is 5.38. The van der Waals surface area contributed by atoms with Gasteiger partial charge in [0.2, 0.25) is 0 Å². The number of benzene rings is 1. The van der Waals surface area contributed by atoms with Crippen LogP contribution >= 0.6 is 0 Å². The molecular formula is C17H18NO+. The molecule has 2 aliphatic heterocycles. The van der Waals surface area contributed by atoms with E-state index in [0.29, 0.717) is 18.1 Å². The van der Waals surface area contributed by atoms with Crippen LogP contribution in [0, 0.1) is 0 Å². The molecular weight excluding hydrogens is 234 g/mol. The molecule has 0 unspecified atom stereocenters. The molecule has 19 heavy (non-hydrogen) atoms. The van der Waals surface area contributed by atoms with E-state index in [1.54, 1.807) is 0 Å². The standard InChI is InChI=1S/C17H18NO/c1-2-19-16-11-15-12-7-3-4-8-13(12)17(16)14-9-5-6-10-18(14)15/h3-10,15-17H,2,11H2,1H3/q+1/t15-,16-,17+/m0/s1. The fraction of sp³-hybridized carbons (Fsp3) is 0.353. The van der Waals surface area contributed by atoms with Gasteiger partial charge in [-0.05, 0) is 12.5 Å². The fourth-order valence-corrected chi connectivity index (χ4v) is 3.79. The van der Waals surface area contributed by atoms with Crippen LogP contribution in [0.2, 0.25) is 0 Å². The lowest BCUT2D eigenvalue weighted by Crippen LogP contribution is -2.56. The minimum Gasteiger partial charge on any atom is -0.377 e. The quantitative estimate of drug-likeness (QED) is 0.749. The van der Waals surface area contributed by atoms with E-state index in [-0.39, 0.29) is 0 Å². The number of hydrogen-bond acceptors (Lipinski definition) is 1. The monoisotopic (exact) mass is 252 g/mol. The molecule has 2 nitrogen and oxygen atoms in total. The van der Waals surface area contributed by atoms with E-state index in [1.165, 1.54) is 16.8 Å². The summed E-state index contributed by atoms with van der Waals surface area (Å²) < 4.78 is 8.45. The summed E-state index contributed by atoms with van der Waals surface area (Å²) in [4.78, 5) is 0. The molecule has 2 bridgehead atoms. The molecule has 0 radical (unpaired) electrons. The van der Waals surface area contributed by atoms with Crippen LogP contribution in [0.1, 0.15) is 42.1 Å². The SMILES string of the molecule is CCO[C@H]1C[C@H]2c3ccccc3[C@@H]1c1cccc[n+]12. The lowest BCUT2D eigenvalue weighted by Gasteiger charge is -2.39. The molecule has 0 saturated carbocycles. The largest absolute Gasteiger partial charge is 0.377 e. The second kappa shape index (κ2) is 4.17. The van der Waals surface area contributed by atoms with E-state index in [1.807, 2.05) is 0 Å². The molecule has 1 aliphatic carbocycles. The highest BCUT2D eigenvalue weighted by atomic mass is 16.5. The zero-order valence-corrected chi connectivity index (χ0v) is 11.1. The van der Waals surface area contributed by atoms with Crippen molar-refractivity contribution in [2.45, 2.75) is 31.4 Å². The first kappa shape index (κ1) is 11.2. The van der Waals surface area contributed by atoms with E-state index >= 15 is 0 Å². The predicted octanol–water partition coefficient (Wildman–Crippen LogP) is 2.82. The maximum absolute atomic E-state index is 6.02. The molecule has 3 heterocycles. The first-order valence-electron chi connectivity index (χ1n) is 7.10. The Kier molecular flexibility index (Phi) is 2.46. The summed E-state index contributed by atoms with van der Waals surface area (Å²) in [5.41, 5.74) is 4.34. The number of hydrogen-bond donors (Lipinski definition) is 0. The Balaban J connectivity index is 1.93. The van der Waals surface area contributed by atoms with Crippen LogP contribution in [0.5, 0.6) is 0 Å². The first-order valence-corrected chi connectivity index (χ1v) is 7.10. The number of pyridine rings is 1. The highest BCUT2D eigenvalue weighted by Crippen LogP contribution is 2.45. The van der Waals surface area contributed by atoms with Gasteiger partial charge in [0, 0.05) is 30.7 Å². The van der Waals surface area contributed by atoms with Crippen LogP contribution in [0.25, 0.3) is 0 Å². The third-order valence-corrected chi connectivity index (χ3v) is 4.48. The summed E-state index contributed by atoms with van der Waals surface area (Å²) in [6.07, 6.45) is 3.63. The Bertz CT molecular complexity index is 575. The highest BCUT2D eigenvalue weighted by Gasteiger charge is 2.49. The Morgan fingerprint density at radius 2 is 1.89 bits per heavy atom. The van der Waals surface area contributed by atoms with Crippen molar-refractivity contribution in [1.82, 2.24) is 0 Å². The summed E-state index contributed by atoms with van der Waals surface area (Å²) >= 11 is 0. The molecule has 0 saturated heterocycles. The van der Waals surface area contributed by atoms with Crippen LogP contribution in [0.3, 0.4) is 0 Å². The van der Waals surface area contributed by atoms with Crippen molar-refractivity contribution in [2.24, 2.45) is 0 Å². The van der Waals surface area contributed by atoms with Gasteiger partial charge in [-0.15, -0.1) is 0 Å². The minimum atomic E-state index is 0.326.